The summed E-state index contributed by atoms with van der Waals surface area (Å²) in [7, 11) is 0. The number of rotatable bonds is 1. The molecule has 90 valence electrons. The second kappa shape index (κ2) is 9.09. The van der Waals surface area contributed by atoms with Gasteiger partial charge in [-0.3, -0.25) is 0 Å². The lowest BCUT2D eigenvalue weighted by molar-refractivity contribution is 0.283. The summed E-state index contributed by atoms with van der Waals surface area (Å²) in [6.07, 6.45) is 1.26. The average molecular weight is 214 g/mol. The Morgan fingerprint density at radius 3 is 2.07 bits per heavy atom. The second-order valence-electron chi connectivity index (χ2n) is 4.04. The normalized spacial score (nSPS) is 23.8. The molecule has 0 atom stereocenters. The first-order chi connectivity index (χ1) is 7.43. The van der Waals surface area contributed by atoms with E-state index in [0.717, 1.165) is 39.3 Å². The minimum Gasteiger partial charge on any atom is -0.315 e. The molecule has 0 aromatic heterocycles. The third-order valence-electron chi connectivity index (χ3n) is 2.84. The first kappa shape index (κ1) is 12.9. The number of nitrogens with one attached hydrogen (secondary N) is 3. The Morgan fingerprint density at radius 1 is 0.800 bits per heavy atom. The van der Waals surface area contributed by atoms with Gasteiger partial charge in [0.15, 0.2) is 0 Å². The highest BCUT2D eigenvalue weighted by Crippen LogP contribution is 1.89. The van der Waals surface area contributed by atoms with Crippen LogP contribution in [0.2, 0.25) is 0 Å². The summed E-state index contributed by atoms with van der Waals surface area (Å²) in [5.74, 6) is 0. The SMILES string of the molecule is CCN1CCCNCCNCCNCC1. The van der Waals surface area contributed by atoms with Crippen molar-refractivity contribution in [3.63, 3.8) is 0 Å². The van der Waals surface area contributed by atoms with E-state index in [2.05, 4.69) is 27.8 Å². The molecule has 1 fully saturated rings. The summed E-state index contributed by atoms with van der Waals surface area (Å²) in [4.78, 5) is 2.51. The van der Waals surface area contributed by atoms with E-state index >= 15 is 0 Å². The van der Waals surface area contributed by atoms with E-state index in [1.165, 1.54) is 26.1 Å². The van der Waals surface area contributed by atoms with Gasteiger partial charge in [0, 0.05) is 39.3 Å². The van der Waals surface area contributed by atoms with Crippen molar-refractivity contribution in [2.24, 2.45) is 0 Å². The van der Waals surface area contributed by atoms with Crippen molar-refractivity contribution in [2.45, 2.75) is 13.3 Å². The lowest BCUT2D eigenvalue weighted by Gasteiger charge is -2.20. The van der Waals surface area contributed by atoms with Crippen molar-refractivity contribution in [1.29, 1.82) is 0 Å². The van der Waals surface area contributed by atoms with Crippen molar-refractivity contribution >= 4 is 0 Å². The number of nitrogens with zero attached hydrogens (tertiary/aromatic N) is 1. The van der Waals surface area contributed by atoms with Gasteiger partial charge < -0.3 is 20.9 Å². The van der Waals surface area contributed by atoms with Crippen LogP contribution in [0.4, 0.5) is 0 Å². The van der Waals surface area contributed by atoms with E-state index in [4.69, 9.17) is 0 Å². The molecule has 1 rings (SSSR count). The van der Waals surface area contributed by atoms with Crippen LogP contribution < -0.4 is 16.0 Å². The average Bonchev–Trinajstić information content (AvgIpc) is 2.29. The molecule has 1 aliphatic heterocycles. The fraction of sp³-hybridized carbons (Fsp3) is 1.00. The Kier molecular flexibility index (Phi) is 7.83. The van der Waals surface area contributed by atoms with Crippen molar-refractivity contribution in [2.75, 3.05) is 58.9 Å². The summed E-state index contributed by atoms with van der Waals surface area (Å²) < 4.78 is 0. The topological polar surface area (TPSA) is 39.3 Å². The van der Waals surface area contributed by atoms with Crippen LogP contribution in [0.15, 0.2) is 0 Å². The third-order valence-corrected chi connectivity index (χ3v) is 2.84. The Hall–Kier alpha value is -0.160. The van der Waals surface area contributed by atoms with Gasteiger partial charge in [0.2, 0.25) is 0 Å². The van der Waals surface area contributed by atoms with Gasteiger partial charge in [0.25, 0.3) is 0 Å². The van der Waals surface area contributed by atoms with Gasteiger partial charge in [-0.2, -0.15) is 0 Å². The first-order valence-electron chi connectivity index (χ1n) is 6.28. The van der Waals surface area contributed by atoms with Gasteiger partial charge in [-0.1, -0.05) is 6.92 Å². The predicted octanol–water partition coefficient (Wildman–Crippen LogP) is -0.519. The molecular formula is C11H26N4. The van der Waals surface area contributed by atoms with Crippen molar-refractivity contribution in [3.05, 3.63) is 0 Å². The van der Waals surface area contributed by atoms with Gasteiger partial charge in [0.1, 0.15) is 0 Å². The number of hydrogen-bond acceptors (Lipinski definition) is 4. The summed E-state index contributed by atoms with van der Waals surface area (Å²) >= 11 is 0. The minimum absolute atomic E-state index is 1.08. The van der Waals surface area contributed by atoms with Crippen LogP contribution in [0.25, 0.3) is 0 Å². The molecule has 0 aromatic rings. The van der Waals surface area contributed by atoms with E-state index in [1.807, 2.05) is 0 Å². The molecule has 4 heteroatoms. The van der Waals surface area contributed by atoms with E-state index in [1.54, 1.807) is 0 Å². The monoisotopic (exact) mass is 214 g/mol. The van der Waals surface area contributed by atoms with Crippen LogP contribution in [0.1, 0.15) is 13.3 Å². The summed E-state index contributed by atoms with van der Waals surface area (Å²) in [5, 5.41) is 10.3. The second-order valence-corrected chi connectivity index (χ2v) is 4.04. The van der Waals surface area contributed by atoms with Gasteiger partial charge in [-0.25, -0.2) is 0 Å². The summed E-state index contributed by atoms with van der Waals surface area (Å²) in [5.41, 5.74) is 0. The molecule has 0 aromatic carbocycles. The molecule has 0 saturated carbocycles. The van der Waals surface area contributed by atoms with Crippen LogP contribution in [0.5, 0.6) is 0 Å². The van der Waals surface area contributed by atoms with Crippen LogP contribution in [0.3, 0.4) is 0 Å². The van der Waals surface area contributed by atoms with Crippen LogP contribution >= 0.6 is 0 Å². The molecule has 4 nitrogen and oxygen atoms in total. The quantitative estimate of drug-likeness (QED) is 0.549. The maximum absolute atomic E-state index is 3.46. The highest BCUT2D eigenvalue weighted by molar-refractivity contribution is 4.62. The minimum atomic E-state index is 1.08. The zero-order valence-electron chi connectivity index (χ0n) is 10.0. The molecule has 1 heterocycles. The maximum Gasteiger partial charge on any atom is 0.0107 e. The first-order valence-corrected chi connectivity index (χ1v) is 6.28. The summed E-state index contributed by atoms with van der Waals surface area (Å²) in [6.45, 7) is 12.4. The molecule has 0 unspecified atom stereocenters. The van der Waals surface area contributed by atoms with Gasteiger partial charge in [0.05, 0.1) is 0 Å². The van der Waals surface area contributed by atoms with Crippen LogP contribution in [-0.2, 0) is 0 Å². The lowest BCUT2D eigenvalue weighted by atomic mass is 10.3. The molecule has 0 amide bonds. The predicted molar refractivity (Wildman–Crippen MR) is 65.3 cm³/mol. The molecule has 0 aliphatic carbocycles. The van der Waals surface area contributed by atoms with E-state index in [-0.39, 0.29) is 0 Å². The largest absolute Gasteiger partial charge is 0.315 e. The molecule has 3 N–H and O–H groups in total. The van der Waals surface area contributed by atoms with Crippen molar-refractivity contribution < 1.29 is 0 Å². The Balaban J connectivity index is 2.17. The zero-order valence-corrected chi connectivity index (χ0v) is 10.0. The summed E-state index contributed by atoms with van der Waals surface area (Å²) in [6, 6.07) is 0. The smallest absolute Gasteiger partial charge is 0.0107 e. The molecule has 1 aliphatic rings. The molecule has 0 radical (unpaired) electrons. The molecule has 15 heavy (non-hydrogen) atoms. The van der Waals surface area contributed by atoms with E-state index < -0.39 is 0 Å². The van der Waals surface area contributed by atoms with Gasteiger partial charge in [-0.15, -0.1) is 0 Å². The standard InChI is InChI=1S/C11H26N4/c1-2-15-10-3-4-12-5-6-13-7-8-14-9-11-15/h12-14H,2-11H2,1H3. The molecule has 1 saturated heterocycles. The van der Waals surface area contributed by atoms with Crippen LogP contribution in [-0.4, -0.2) is 63.8 Å². The fourth-order valence-corrected chi connectivity index (χ4v) is 1.82. The van der Waals surface area contributed by atoms with E-state index in [0.29, 0.717) is 0 Å². The Bertz CT molecular complexity index is 127. The fourth-order valence-electron chi connectivity index (χ4n) is 1.82. The lowest BCUT2D eigenvalue weighted by Crippen LogP contribution is -2.35. The van der Waals surface area contributed by atoms with Gasteiger partial charge in [-0.05, 0) is 26.1 Å². The van der Waals surface area contributed by atoms with E-state index in [9.17, 15) is 0 Å². The molecule has 0 spiro atoms. The molecule has 0 bridgehead atoms. The van der Waals surface area contributed by atoms with Crippen molar-refractivity contribution in [3.8, 4) is 0 Å². The highest BCUT2D eigenvalue weighted by atomic mass is 15.1. The van der Waals surface area contributed by atoms with Crippen LogP contribution in [0, 0.1) is 0 Å². The third kappa shape index (κ3) is 6.84. The Labute approximate surface area is 93.8 Å². The maximum atomic E-state index is 3.46. The molecular weight excluding hydrogens is 188 g/mol. The number of likely N-dealkylation sites (N-methyl/N-ethyl adjacent to an activating group) is 1. The van der Waals surface area contributed by atoms with Crippen molar-refractivity contribution in [1.82, 2.24) is 20.9 Å². The Morgan fingerprint density at radius 2 is 1.40 bits per heavy atom. The zero-order chi connectivity index (χ0) is 10.8. The number of hydrogen-bond donors (Lipinski definition) is 3. The highest BCUT2D eigenvalue weighted by Gasteiger charge is 2.01. The van der Waals surface area contributed by atoms with Gasteiger partial charge >= 0.3 is 0 Å².